The van der Waals surface area contributed by atoms with E-state index in [9.17, 15) is 9.18 Å². The van der Waals surface area contributed by atoms with Crippen molar-refractivity contribution in [2.75, 3.05) is 19.7 Å². The number of nitrogens with zero attached hydrogens (tertiary/aromatic N) is 5. The van der Waals surface area contributed by atoms with Gasteiger partial charge in [0.1, 0.15) is 12.3 Å². The van der Waals surface area contributed by atoms with Crippen LogP contribution in [0.3, 0.4) is 0 Å². The van der Waals surface area contributed by atoms with Gasteiger partial charge in [-0.3, -0.25) is 9.78 Å². The fourth-order valence-electron chi connectivity index (χ4n) is 3.75. The van der Waals surface area contributed by atoms with Crippen LogP contribution in [-0.2, 0) is 9.53 Å². The maximum atomic E-state index is 13.1. The number of alkyl halides is 1. The van der Waals surface area contributed by atoms with E-state index in [1.807, 2.05) is 30.5 Å². The number of carbonyl (C=O) groups excluding carboxylic acids is 1. The number of hydrogen-bond donors (Lipinski definition) is 0. The highest BCUT2D eigenvalue weighted by atomic mass is 19.1. The number of aromatic nitrogens is 4. The summed E-state index contributed by atoms with van der Waals surface area (Å²) >= 11 is 0. The Morgan fingerprint density at radius 1 is 1.21 bits per heavy atom. The number of hydrogen-bond acceptors (Lipinski definition) is 5. The molecule has 0 radical (unpaired) electrons. The van der Waals surface area contributed by atoms with Crippen LogP contribution in [0.25, 0.3) is 16.8 Å². The van der Waals surface area contributed by atoms with Crippen LogP contribution in [0.2, 0.25) is 0 Å². The number of halogens is 1. The van der Waals surface area contributed by atoms with Gasteiger partial charge >= 0.3 is 0 Å². The zero-order chi connectivity index (χ0) is 19.1. The minimum atomic E-state index is -0.833. The normalized spacial score (nSPS) is 24.9. The fraction of sp³-hybridized carbons (Fsp3) is 0.400. The molecule has 144 valence electrons. The third-order valence-corrected chi connectivity index (χ3v) is 5.44. The lowest BCUT2D eigenvalue weighted by Crippen LogP contribution is -2.48. The quantitative estimate of drug-likeness (QED) is 0.697. The van der Waals surface area contributed by atoms with E-state index < -0.39 is 6.17 Å². The summed E-state index contributed by atoms with van der Waals surface area (Å²) in [6, 6.07) is 7.76. The number of ether oxygens (including phenoxy) is 1. The van der Waals surface area contributed by atoms with Gasteiger partial charge in [0.2, 0.25) is 5.91 Å². The van der Waals surface area contributed by atoms with Crippen LogP contribution in [0.15, 0.2) is 42.9 Å². The van der Waals surface area contributed by atoms with Crippen molar-refractivity contribution < 1.29 is 13.9 Å². The average Bonchev–Trinajstić information content (AvgIpc) is 3.15. The first-order valence-electron chi connectivity index (χ1n) is 9.48. The molecule has 1 saturated heterocycles. The predicted octanol–water partition coefficient (Wildman–Crippen LogP) is 2.44. The Morgan fingerprint density at radius 2 is 2.11 bits per heavy atom. The Bertz CT molecular complexity index is 1000. The second kappa shape index (κ2) is 6.94. The third kappa shape index (κ3) is 3.13. The third-order valence-electron chi connectivity index (χ3n) is 5.44. The topological polar surface area (TPSA) is 72.6 Å². The van der Waals surface area contributed by atoms with E-state index in [-0.39, 0.29) is 17.9 Å². The lowest BCUT2D eigenvalue weighted by Gasteiger charge is -2.37. The largest absolute Gasteiger partial charge is 0.366 e. The molecule has 28 heavy (non-hydrogen) atoms. The maximum absolute atomic E-state index is 13.1. The molecule has 3 aromatic rings. The SMILES string of the molecule is O=C(C1CC(F)C1)N1CCO[C@@H](c2nc3ccc(-c4cccnc4)cn3n2)C1. The van der Waals surface area contributed by atoms with Gasteiger partial charge in [-0.1, -0.05) is 6.07 Å². The first kappa shape index (κ1) is 17.2. The Hall–Kier alpha value is -2.87. The molecule has 0 bridgehead atoms. The molecular formula is C20H20FN5O2. The summed E-state index contributed by atoms with van der Waals surface area (Å²) in [5, 5.41) is 4.57. The van der Waals surface area contributed by atoms with Gasteiger partial charge in [-0.15, -0.1) is 5.10 Å². The Kier molecular flexibility index (Phi) is 4.27. The summed E-state index contributed by atoms with van der Waals surface area (Å²) in [7, 11) is 0. The zero-order valence-corrected chi connectivity index (χ0v) is 15.2. The molecule has 2 aliphatic rings. The number of amides is 1. The second-order valence-electron chi connectivity index (χ2n) is 7.34. The van der Waals surface area contributed by atoms with Crippen molar-refractivity contribution in [3.05, 3.63) is 48.7 Å². The molecule has 1 saturated carbocycles. The molecule has 7 nitrogen and oxygen atoms in total. The number of pyridine rings is 2. The van der Waals surface area contributed by atoms with Crippen LogP contribution in [0.1, 0.15) is 24.8 Å². The van der Waals surface area contributed by atoms with E-state index in [0.717, 1.165) is 11.1 Å². The maximum Gasteiger partial charge on any atom is 0.226 e. The molecule has 4 heterocycles. The number of rotatable bonds is 3. The van der Waals surface area contributed by atoms with E-state index in [2.05, 4.69) is 15.1 Å². The first-order chi connectivity index (χ1) is 13.7. The molecule has 1 atom stereocenters. The van der Waals surface area contributed by atoms with Crippen LogP contribution in [0.4, 0.5) is 4.39 Å². The van der Waals surface area contributed by atoms with Crippen molar-refractivity contribution in [3.63, 3.8) is 0 Å². The Morgan fingerprint density at radius 3 is 2.89 bits per heavy atom. The molecule has 0 aromatic carbocycles. The number of morpholine rings is 1. The zero-order valence-electron chi connectivity index (χ0n) is 15.2. The van der Waals surface area contributed by atoms with Gasteiger partial charge in [0.25, 0.3) is 0 Å². The highest BCUT2D eigenvalue weighted by Gasteiger charge is 2.39. The van der Waals surface area contributed by atoms with E-state index in [4.69, 9.17) is 4.74 Å². The number of fused-ring (bicyclic) bond motifs is 1. The minimum Gasteiger partial charge on any atom is -0.366 e. The molecule has 0 spiro atoms. The van der Waals surface area contributed by atoms with Crippen molar-refractivity contribution in [2.45, 2.75) is 25.1 Å². The molecule has 5 rings (SSSR count). The van der Waals surface area contributed by atoms with Crippen LogP contribution in [0, 0.1) is 5.92 Å². The Balaban J connectivity index is 1.36. The number of carbonyl (C=O) groups is 1. The van der Waals surface area contributed by atoms with Crippen molar-refractivity contribution in [2.24, 2.45) is 5.92 Å². The van der Waals surface area contributed by atoms with Crippen LogP contribution >= 0.6 is 0 Å². The molecule has 0 N–H and O–H groups in total. The van der Waals surface area contributed by atoms with Crippen molar-refractivity contribution in [1.82, 2.24) is 24.5 Å². The summed E-state index contributed by atoms with van der Waals surface area (Å²) in [6.07, 6.45) is 4.91. The summed E-state index contributed by atoms with van der Waals surface area (Å²) in [5.41, 5.74) is 2.71. The monoisotopic (exact) mass is 381 g/mol. The van der Waals surface area contributed by atoms with Gasteiger partial charge in [0, 0.05) is 42.2 Å². The van der Waals surface area contributed by atoms with Gasteiger partial charge in [-0.2, -0.15) is 0 Å². The highest BCUT2D eigenvalue weighted by molar-refractivity contribution is 5.80. The molecule has 1 aliphatic carbocycles. The summed E-state index contributed by atoms with van der Waals surface area (Å²) in [5.74, 6) is 0.382. The van der Waals surface area contributed by atoms with Gasteiger partial charge in [-0.25, -0.2) is 13.9 Å². The van der Waals surface area contributed by atoms with Crippen LogP contribution < -0.4 is 0 Å². The molecule has 0 unspecified atom stereocenters. The van der Waals surface area contributed by atoms with Crippen LogP contribution in [-0.4, -0.2) is 56.3 Å². The van der Waals surface area contributed by atoms with E-state index in [0.29, 0.717) is 44.0 Å². The smallest absolute Gasteiger partial charge is 0.226 e. The van der Waals surface area contributed by atoms with Gasteiger partial charge < -0.3 is 9.64 Å². The molecule has 3 aromatic heterocycles. The lowest BCUT2D eigenvalue weighted by atomic mass is 9.82. The van der Waals surface area contributed by atoms with Crippen molar-refractivity contribution in [3.8, 4) is 11.1 Å². The lowest BCUT2D eigenvalue weighted by molar-refractivity contribution is -0.148. The fourth-order valence-corrected chi connectivity index (χ4v) is 3.75. The summed E-state index contributed by atoms with van der Waals surface area (Å²) in [4.78, 5) is 23.0. The average molecular weight is 381 g/mol. The molecular weight excluding hydrogens is 361 g/mol. The van der Waals surface area contributed by atoms with E-state index in [1.165, 1.54) is 0 Å². The molecule has 8 heteroatoms. The first-order valence-corrected chi connectivity index (χ1v) is 9.48. The highest BCUT2D eigenvalue weighted by Crippen LogP contribution is 2.33. The molecule has 1 aliphatic heterocycles. The standard InChI is InChI=1S/C20H20FN5O2/c21-16-8-15(9-16)20(27)25-6-7-28-17(12-25)19-23-18-4-3-14(11-26(18)24-19)13-2-1-5-22-10-13/h1-5,10-11,15-17H,6-9,12H2/t15?,16?,17-/m1/s1. The van der Waals surface area contributed by atoms with Crippen LogP contribution in [0.5, 0.6) is 0 Å². The van der Waals surface area contributed by atoms with Gasteiger partial charge in [0.05, 0.1) is 13.2 Å². The van der Waals surface area contributed by atoms with Crippen molar-refractivity contribution in [1.29, 1.82) is 0 Å². The minimum absolute atomic E-state index is 0.0184. The second-order valence-corrected chi connectivity index (χ2v) is 7.34. The molecule has 2 fully saturated rings. The Labute approximate surface area is 161 Å². The predicted molar refractivity (Wildman–Crippen MR) is 99.1 cm³/mol. The van der Waals surface area contributed by atoms with E-state index >= 15 is 0 Å². The van der Waals surface area contributed by atoms with Crippen molar-refractivity contribution >= 4 is 11.6 Å². The summed E-state index contributed by atoms with van der Waals surface area (Å²) in [6.45, 7) is 1.36. The van der Waals surface area contributed by atoms with E-state index in [1.54, 1.807) is 21.8 Å². The summed E-state index contributed by atoms with van der Waals surface area (Å²) < 4.78 is 20.6. The van der Waals surface area contributed by atoms with Gasteiger partial charge in [0.15, 0.2) is 11.5 Å². The van der Waals surface area contributed by atoms with Gasteiger partial charge in [-0.05, 0) is 31.0 Å². The molecule has 1 amide bonds.